The number of hydrogen-bond acceptors (Lipinski definition) is 2. The zero-order valence-corrected chi connectivity index (χ0v) is 18.3. The molecule has 0 fully saturated rings. The lowest BCUT2D eigenvalue weighted by Crippen LogP contribution is -2.27. The fourth-order valence-corrected chi connectivity index (χ4v) is 4.06. The molecular formula is C26H23ClN2O3. The van der Waals surface area contributed by atoms with E-state index in [1.807, 2.05) is 61.7 Å². The number of carboxylic acids is 1. The second-order valence-electron chi connectivity index (χ2n) is 7.75. The van der Waals surface area contributed by atoms with Gasteiger partial charge in [0.25, 0.3) is 5.91 Å². The Hall–Kier alpha value is -3.57. The van der Waals surface area contributed by atoms with Crippen molar-refractivity contribution in [3.05, 3.63) is 106 Å². The van der Waals surface area contributed by atoms with Gasteiger partial charge in [-0.05, 0) is 60.9 Å². The number of fused-ring (bicyclic) bond motifs is 1. The van der Waals surface area contributed by atoms with E-state index in [0.717, 1.165) is 35.0 Å². The molecule has 1 aromatic heterocycles. The van der Waals surface area contributed by atoms with E-state index in [0.29, 0.717) is 10.6 Å². The standard InChI is InChI=1S/C26H23ClN2O3/c1-17(19-8-10-21(11-9-19)26(31)32)28-25(30)23-7-3-5-20-13-15-29(24(20)23)14-12-18-4-2-6-22(27)16-18/h2-11,13,15-17H,12,14H2,1H3,(H,28,30)(H,31,32). The van der Waals surface area contributed by atoms with Crippen molar-refractivity contribution in [1.29, 1.82) is 0 Å². The lowest BCUT2D eigenvalue weighted by molar-refractivity contribution is 0.0696. The third-order valence-electron chi connectivity index (χ3n) is 5.57. The van der Waals surface area contributed by atoms with Gasteiger partial charge < -0.3 is 15.0 Å². The number of nitrogens with zero attached hydrogens (tertiary/aromatic N) is 1. The molecule has 4 aromatic rings. The first-order chi connectivity index (χ1) is 15.4. The molecule has 0 aliphatic carbocycles. The number of carbonyl (C=O) groups is 2. The van der Waals surface area contributed by atoms with Crippen LogP contribution in [0.1, 0.15) is 44.8 Å². The highest BCUT2D eigenvalue weighted by molar-refractivity contribution is 6.30. The van der Waals surface area contributed by atoms with Gasteiger partial charge in [-0.2, -0.15) is 0 Å². The molecule has 0 aliphatic rings. The highest BCUT2D eigenvalue weighted by Gasteiger charge is 2.17. The van der Waals surface area contributed by atoms with Gasteiger partial charge in [-0.3, -0.25) is 4.79 Å². The van der Waals surface area contributed by atoms with E-state index in [1.165, 1.54) is 0 Å². The number of amides is 1. The van der Waals surface area contributed by atoms with Gasteiger partial charge in [0.05, 0.1) is 22.7 Å². The highest BCUT2D eigenvalue weighted by Crippen LogP contribution is 2.23. The van der Waals surface area contributed by atoms with Gasteiger partial charge in [0.2, 0.25) is 0 Å². The number of hydrogen-bond donors (Lipinski definition) is 2. The Morgan fingerprint density at radius 1 is 1.03 bits per heavy atom. The van der Waals surface area contributed by atoms with Crippen LogP contribution < -0.4 is 5.32 Å². The van der Waals surface area contributed by atoms with E-state index >= 15 is 0 Å². The van der Waals surface area contributed by atoms with Crippen molar-refractivity contribution in [2.24, 2.45) is 0 Å². The fourth-order valence-electron chi connectivity index (χ4n) is 3.84. The van der Waals surface area contributed by atoms with Crippen LogP contribution >= 0.6 is 11.6 Å². The van der Waals surface area contributed by atoms with E-state index in [1.54, 1.807) is 24.3 Å². The SMILES string of the molecule is CC(NC(=O)c1cccc2ccn(CCc3cccc(Cl)c3)c12)c1ccc(C(=O)O)cc1. The summed E-state index contributed by atoms with van der Waals surface area (Å²) in [6.45, 7) is 2.60. The van der Waals surface area contributed by atoms with Crippen LogP contribution in [0.4, 0.5) is 0 Å². The first-order valence-corrected chi connectivity index (χ1v) is 10.8. The summed E-state index contributed by atoms with van der Waals surface area (Å²) in [5, 5.41) is 13.8. The molecule has 4 rings (SSSR count). The monoisotopic (exact) mass is 446 g/mol. The smallest absolute Gasteiger partial charge is 0.335 e. The van der Waals surface area contributed by atoms with E-state index < -0.39 is 5.97 Å². The first kappa shape index (κ1) is 21.7. The van der Waals surface area contributed by atoms with Crippen LogP contribution in [0.15, 0.2) is 79.0 Å². The lowest BCUT2D eigenvalue weighted by atomic mass is 10.0. The van der Waals surface area contributed by atoms with Crippen molar-refractivity contribution in [3.63, 3.8) is 0 Å². The molecule has 1 heterocycles. The average molecular weight is 447 g/mol. The normalized spacial score (nSPS) is 11.9. The summed E-state index contributed by atoms with van der Waals surface area (Å²) in [5.41, 5.74) is 3.69. The first-order valence-electron chi connectivity index (χ1n) is 10.4. The number of nitrogens with one attached hydrogen (secondary N) is 1. The van der Waals surface area contributed by atoms with Gasteiger partial charge in [0, 0.05) is 23.2 Å². The van der Waals surface area contributed by atoms with Crippen molar-refractivity contribution >= 4 is 34.4 Å². The molecule has 1 unspecified atom stereocenters. The minimum Gasteiger partial charge on any atom is -0.478 e. The molecule has 5 nitrogen and oxygen atoms in total. The molecule has 0 spiro atoms. The molecule has 2 N–H and O–H groups in total. The summed E-state index contributed by atoms with van der Waals surface area (Å²) >= 11 is 6.10. The largest absolute Gasteiger partial charge is 0.478 e. The second kappa shape index (κ2) is 9.28. The van der Waals surface area contributed by atoms with Crippen LogP contribution in [-0.2, 0) is 13.0 Å². The lowest BCUT2D eigenvalue weighted by Gasteiger charge is -2.16. The topological polar surface area (TPSA) is 71.3 Å². The second-order valence-corrected chi connectivity index (χ2v) is 8.19. The third kappa shape index (κ3) is 4.68. The summed E-state index contributed by atoms with van der Waals surface area (Å²) in [6, 6.07) is 21.8. The van der Waals surface area contributed by atoms with Crippen LogP contribution in [0.2, 0.25) is 5.02 Å². The zero-order chi connectivity index (χ0) is 22.7. The molecule has 0 radical (unpaired) electrons. The fraction of sp³-hybridized carbons (Fsp3) is 0.154. The molecule has 6 heteroatoms. The van der Waals surface area contributed by atoms with E-state index in [-0.39, 0.29) is 17.5 Å². The summed E-state index contributed by atoms with van der Waals surface area (Å²) in [4.78, 5) is 24.2. The number of para-hydroxylation sites is 1. The molecule has 1 amide bonds. The van der Waals surface area contributed by atoms with Crippen LogP contribution in [-0.4, -0.2) is 21.6 Å². The molecule has 1 atom stereocenters. The van der Waals surface area contributed by atoms with Gasteiger partial charge in [-0.15, -0.1) is 0 Å². The van der Waals surface area contributed by atoms with Crippen molar-refractivity contribution in [3.8, 4) is 0 Å². The molecule has 0 aliphatic heterocycles. The van der Waals surface area contributed by atoms with E-state index in [9.17, 15) is 9.59 Å². The number of carbonyl (C=O) groups excluding carboxylic acids is 1. The Bertz CT molecular complexity index is 1280. The molecular weight excluding hydrogens is 424 g/mol. The molecule has 0 bridgehead atoms. The van der Waals surface area contributed by atoms with Gasteiger partial charge in [-0.1, -0.05) is 48.0 Å². The minimum atomic E-state index is -0.974. The van der Waals surface area contributed by atoms with Crippen LogP contribution in [0, 0.1) is 0 Å². The van der Waals surface area contributed by atoms with Gasteiger partial charge in [0.15, 0.2) is 0 Å². The number of halogens is 1. The predicted octanol–water partition coefficient (Wildman–Crippen LogP) is 5.73. The zero-order valence-electron chi connectivity index (χ0n) is 17.6. The van der Waals surface area contributed by atoms with Crippen LogP contribution in [0.5, 0.6) is 0 Å². The Morgan fingerprint density at radius 3 is 2.50 bits per heavy atom. The molecule has 0 saturated carbocycles. The Morgan fingerprint density at radius 2 is 1.78 bits per heavy atom. The quantitative estimate of drug-likeness (QED) is 0.381. The third-order valence-corrected chi connectivity index (χ3v) is 5.80. The van der Waals surface area contributed by atoms with Gasteiger partial charge in [0.1, 0.15) is 0 Å². The number of aromatic carboxylic acids is 1. The number of carboxylic acid groups (broad SMARTS) is 1. The van der Waals surface area contributed by atoms with Crippen molar-refractivity contribution in [1.82, 2.24) is 9.88 Å². The summed E-state index contributed by atoms with van der Waals surface area (Å²) in [5.74, 6) is -1.15. The molecule has 162 valence electrons. The van der Waals surface area contributed by atoms with E-state index in [2.05, 4.69) is 9.88 Å². The Labute approximate surface area is 191 Å². The molecule has 3 aromatic carbocycles. The molecule has 32 heavy (non-hydrogen) atoms. The summed E-state index contributed by atoms with van der Waals surface area (Å²) in [7, 11) is 0. The maximum absolute atomic E-state index is 13.2. The van der Waals surface area contributed by atoms with E-state index in [4.69, 9.17) is 16.7 Å². The highest BCUT2D eigenvalue weighted by atomic mass is 35.5. The Kier molecular flexibility index (Phi) is 6.28. The number of aromatic nitrogens is 1. The predicted molar refractivity (Wildman–Crippen MR) is 126 cm³/mol. The Balaban J connectivity index is 1.54. The number of benzene rings is 3. The van der Waals surface area contributed by atoms with Gasteiger partial charge >= 0.3 is 5.97 Å². The summed E-state index contributed by atoms with van der Waals surface area (Å²) < 4.78 is 2.09. The maximum atomic E-state index is 13.2. The molecule has 0 saturated heterocycles. The van der Waals surface area contributed by atoms with Crippen molar-refractivity contribution < 1.29 is 14.7 Å². The van der Waals surface area contributed by atoms with Crippen LogP contribution in [0.3, 0.4) is 0 Å². The van der Waals surface area contributed by atoms with Gasteiger partial charge in [-0.25, -0.2) is 4.79 Å². The minimum absolute atomic E-state index is 0.173. The van der Waals surface area contributed by atoms with Crippen molar-refractivity contribution in [2.75, 3.05) is 0 Å². The maximum Gasteiger partial charge on any atom is 0.335 e. The number of aryl methyl sites for hydroxylation is 2. The number of rotatable bonds is 7. The van der Waals surface area contributed by atoms with Crippen LogP contribution in [0.25, 0.3) is 10.9 Å². The average Bonchev–Trinajstić information content (AvgIpc) is 3.21. The van der Waals surface area contributed by atoms with Crippen molar-refractivity contribution in [2.45, 2.75) is 25.9 Å². The summed E-state index contributed by atoms with van der Waals surface area (Å²) in [6.07, 6.45) is 2.80.